The van der Waals surface area contributed by atoms with Crippen LogP contribution in [0.5, 0.6) is 0 Å². The quantitative estimate of drug-likeness (QED) is 0.359. The van der Waals surface area contributed by atoms with Gasteiger partial charge in [0.05, 0.1) is 0 Å². The van der Waals surface area contributed by atoms with Crippen LogP contribution in [0.15, 0.2) is 12.7 Å². The SMILES string of the molecule is C=CC(F)[Si](Cl)(Cl)Cl. The minimum atomic E-state index is -3.13. The molecule has 0 aromatic carbocycles. The lowest BCUT2D eigenvalue weighted by molar-refractivity contribution is 0.506. The van der Waals surface area contributed by atoms with E-state index in [1.807, 2.05) is 0 Å². The summed E-state index contributed by atoms with van der Waals surface area (Å²) in [6.07, 6.45) is 0.999. The zero-order valence-electron chi connectivity index (χ0n) is 3.87. The number of alkyl halides is 1. The second kappa shape index (κ2) is 3.06. The van der Waals surface area contributed by atoms with Crippen molar-refractivity contribution in [1.82, 2.24) is 0 Å². The summed E-state index contributed by atoms with van der Waals surface area (Å²) in [6, 6.07) is -3.13. The molecule has 0 fully saturated rings. The summed E-state index contributed by atoms with van der Waals surface area (Å²) in [5.74, 6) is -1.45. The van der Waals surface area contributed by atoms with E-state index >= 15 is 0 Å². The molecule has 0 spiro atoms. The first-order valence-electron chi connectivity index (χ1n) is 1.82. The van der Waals surface area contributed by atoms with E-state index in [0.717, 1.165) is 6.08 Å². The predicted molar refractivity (Wildman–Crippen MR) is 38.4 cm³/mol. The van der Waals surface area contributed by atoms with Gasteiger partial charge in [-0.3, -0.25) is 0 Å². The monoisotopic (exact) mass is 192 g/mol. The standard InChI is InChI=1S/C3H4Cl3FSi/c1-2-3(7)8(4,5)6/h2-3H,1H2. The van der Waals surface area contributed by atoms with E-state index in [1.165, 1.54) is 0 Å². The van der Waals surface area contributed by atoms with Gasteiger partial charge >= 0.3 is 6.00 Å². The number of hydrogen-bond donors (Lipinski definition) is 0. The van der Waals surface area contributed by atoms with Crippen molar-refractivity contribution in [3.8, 4) is 0 Å². The largest absolute Gasteiger partial charge is 0.378 e. The van der Waals surface area contributed by atoms with Crippen LogP contribution in [0.2, 0.25) is 0 Å². The molecule has 0 nitrogen and oxygen atoms in total. The Bertz CT molecular complexity index is 89.0. The van der Waals surface area contributed by atoms with E-state index in [9.17, 15) is 4.39 Å². The summed E-state index contributed by atoms with van der Waals surface area (Å²) in [5.41, 5.74) is 0. The van der Waals surface area contributed by atoms with Crippen molar-refractivity contribution in [1.29, 1.82) is 0 Å². The Morgan fingerprint density at radius 2 is 1.88 bits per heavy atom. The molecule has 0 amide bonds. The lowest BCUT2D eigenvalue weighted by Crippen LogP contribution is -2.24. The average Bonchev–Trinajstić information content (AvgIpc) is 1.62. The highest BCUT2D eigenvalue weighted by atomic mass is 35.8. The van der Waals surface area contributed by atoms with Crippen LogP contribution >= 0.6 is 33.2 Å². The van der Waals surface area contributed by atoms with Gasteiger partial charge < -0.3 is 0 Å². The summed E-state index contributed by atoms with van der Waals surface area (Å²) in [4.78, 5) is 0. The minimum Gasteiger partial charge on any atom is -0.242 e. The van der Waals surface area contributed by atoms with Crippen molar-refractivity contribution in [3.05, 3.63) is 12.7 Å². The number of hydrogen-bond acceptors (Lipinski definition) is 0. The molecule has 0 aromatic heterocycles. The lowest BCUT2D eigenvalue weighted by atomic mass is 10.7. The van der Waals surface area contributed by atoms with E-state index in [-0.39, 0.29) is 0 Å². The first kappa shape index (κ1) is 8.76. The van der Waals surface area contributed by atoms with Gasteiger partial charge in [0.2, 0.25) is 0 Å². The lowest BCUT2D eigenvalue weighted by Gasteiger charge is -2.07. The highest BCUT2D eigenvalue weighted by molar-refractivity contribution is 7.65. The third kappa shape index (κ3) is 2.92. The summed E-state index contributed by atoms with van der Waals surface area (Å²) in [7, 11) is 0. The highest BCUT2D eigenvalue weighted by Crippen LogP contribution is 2.26. The first-order chi connectivity index (χ1) is 3.48. The van der Waals surface area contributed by atoms with Gasteiger partial charge in [-0.25, -0.2) is 4.39 Å². The number of rotatable bonds is 2. The zero-order valence-corrected chi connectivity index (χ0v) is 7.14. The molecule has 0 heterocycles. The predicted octanol–water partition coefficient (Wildman–Crippen LogP) is 2.71. The molecule has 0 saturated heterocycles. The van der Waals surface area contributed by atoms with E-state index in [1.54, 1.807) is 0 Å². The molecule has 48 valence electrons. The molecule has 0 aliphatic rings. The molecule has 0 radical (unpaired) electrons. The van der Waals surface area contributed by atoms with Crippen molar-refractivity contribution < 1.29 is 4.39 Å². The smallest absolute Gasteiger partial charge is 0.242 e. The van der Waals surface area contributed by atoms with Crippen LogP contribution in [-0.2, 0) is 0 Å². The van der Waals surface area contributed by atoms with E-state index in [2.05, 4.69) is 6.58 Å². The molecular formula is C3H4Cl3FSi. The molecule has 0 N–H and O–H groups in total. The topological polar surface area (TPSA) is 0 Å². The van der Waals surface area contributed by atoms with Gasteiger partial charge in [-0.2, -0.15) is 0 Å². The second-order valence-corrected chi connectivity index (χ2v) is 9.92. The van der Waals surface area contributed by atoms with Crippen molar-refractivity contribution in [3.63, 3.8) is 0 Å². The Morgan fingerprint density at radius 1 is 1.50 bits per heavy atom. The fraction of sp³-hybridized carbons (Fsp3) is 0.333. The molecule has 1 atom stereocenters. The van der Waals surface area contributed by atoms with E-state index < -0.39 is 11.8 Å². The maximum Gasteiger partial charge on any atom is 0.378 e. The Kier molecular flexibility index (Phi) is 3.35. The number of allylic oxidation sites excluding steroid dienone is 1. The highest BCUT2D eigenvalue weighted by Gasteiger charge is 2.34. The Morgan fingerprint density at radius 3 is 1.88 bits per heavy atom. The van der Waals surface area contributed by atoms with Crippen molar-refractivity contribution in [2.75, 3.05) is 0 Å². The van der Waals surface area contributed by atoms with Gasteiger partial charge in [0.1, 0.15) is 0 Å². The molecule has 1 unspecified atom stereocenters. The molecule has 0 aliphatic carbocycles. The third-order valence-corrected chi connectivity index (χ3v) is 3.26. The number of halogens is 4. The van der Waals surface area contributed by atoms with Crippen LogP contribution in [0.3, 0.4) is 0 Å². The molecule has 0 saturated carbocycles. The summed E-state index contributed by atoms with van der Waals surface area (Å²) in [6.45, 7) is 3.13. The first-order valence-corrected chi connectivity index (χ1v) is 6.93. The maximum absolute atomic E-state index is 12.2. The molecule has 0 rings (SSSR count). The summed E-state index contributed by atoms with van der Waals surface area (Å²) in [5, 5.41) is 0. The van der Waals surface area contributed by atoms with Crippen molar-refractivity contribution >= 4 is 39.2 Å². The van der Waals surface area contributed by atoms with Crippen LogP contribution in [0, 0.1) is 0 Å². The van der Waals surface area contributed by atoms with Crippen LogP contribution < -0.4 is 0 Å². The fourth-order valence-electron chi connectivity index (χ4n) is 0.134. The van der Waals surface area contributed by atoms with Crippen LogP contribution in [0.25, 0.3) is 0 Å². The van der Waals surface area contributed by atoms with Gasteiger partial charge in [0.25, 0.3) is 0 Å². The summed E-state index contributed by atoms with van der Waals surface area (Å²) >= 11 is 15.6. The Labute approximate surface area is 62.4 Å². The van der Waals surface area contributed by atoms with Crippen LogP contribution in [-0.4, -0.2) is 11.8 Å². The Balaban J connectivity index is 3.80. The minimum absolute atomic E-state index is 0.999. The molecule has 5 heteroatoms. The average molecular weight is 194 g/mol. The van der Waals surface area contributed by atoms with Gasteiger partial charge in [-0.05, 0) is 0 Å². The van der Waals surface area contributed by atoms with Crippen molar-refractivity contribution in [2.45, 2.75) is 5.79 Å². The van der Waals surface area contributed by atoms with Gasteiger partial charge in [0, 0.05) is 0 Å². The molecule has 8 heavy (non-hydrogen) atoms. The summed E-state index contributed by atoms with van der Waals surface area (Å²) < 4.78 is 12.2. The van der Waals surface area contributed by atoms with Gasteiger partial charge in [0.15, 0.2) is 5.79 Å². The van der Waals surface area contributed by atoms with Gasteiger partial charge in [-0.15, -0.1) is 39.8 Å². The molecule has 0 aromatic rings. The van der Waals surface area contributed by atoms with Gasteiger partial charge in [-0.1, -0.05) is 6.08 Å². The molecule has 0 bridgehead atoms. The van der Waals surface area contributed by atoms with Crippen LogP contribution in [0.4, 0.5) is 4.39 Å². The Hall–Kier alpha value is 0.757. The normalized spacial score (nSPS) is 15.5. The van der Waals surface area contributed by atoms with E-state index in [0.29, 0.717) is 0 Å². The van der Waals surface area contributed by atoms with E-state index in [4.69, 9.17) is 33.2 Å². The third-order valence-electron chi connectivity index (χ3n) is 0.520. The van der Waals surface area contributed by atoms with Crippen LogP contribution in [0.1, 0.15) is 0 Å². The van der Waals surface area contributed by atoms with Crippen molar-refractivity contribution in [2.24, 2.45) is 0 Å². The fourth-order valence-corrected chi connectivity index (χ4v) is 1.20. The second-order valence-electron chi connectivity index (χ2n) is 1.18. The molecular weight excluding hydrogens is 189 g/mol. The maximum atomic E-state index is 12.2. The molecule has 0 aliphatic heterocycles. The zero-order chi connectivity index (χ0) is 6.78.